The Bertz CT molecular complexity index is 645. The summed E-state index contributed by atoms with van der Waals surface area (Å²) in [6.07, 6.45) is 2.83. The summed E-state index contributed by atoms with van der Waals surface area (Å²) in [5.74, 6) is 0.0919. The van der Waals surface area contributed by atoms with E-state index in [1.807, 2.05) is 20.8 Å². The maximum absolute atomic E-state index is 12.6. The van der Waals surface area contributed by atoms with Crippen LogP contribution >= 0.6 is 0 Å². The van der Waals surface area contributed by atoms with Crippen molar-refractivity contribution >= 4 is 12.0 Å². The first-order chi connectivity index (χ1) is 10.8. The van der Waals surface area contributed by atoms with E-state index in [-0.39, 0.29) is 17.9 Å². The number of hydrogen-bond acceptors (Lipinski definition) is 3. The summed E-state index contributed by atoms with van der Waals surface area (Å²) >= 11 is 0. The molecule has 0 N–H and O–H groups in total. The third kappa shape index (κ3) is 2.87. The van der Waals surface area contributed by atoms with E-state index < -0.39 is 11.7 Å². The second-order valence-electron chi connectivity index (χ2n) is 7.60. The summed E-state index contributed by atoms with van der Waals surface area (Å²) in [5, 5.41) is 0. The molecule has 0 bridgehead atoms. The largest absolute Gasteiger partial charge is 0.443 e. The van der Waals surface area contributed by atoms with Crippen molar-refractivity contribution in [2.75, 3.05) is 0 Å². The molecule has 3 rings (SSSR count). The third-order valence-corrected chi connectivity index (χ3v) is 4.60. The number of benzene rings is 1. The Hall–Kier alpha value is -1.84. The van der Waals surface area contributed by atoms with Crippen LogP contribution in [0.25, 0.3) is 0 Å². The average Bonchev–Trinajstić information content (AvgIpc) is 2.91. The van der Waals surface area contributed by atoms with Crippen molar-refractivity contribution in [1.29, 1.82) is 0 Å². The van der Waals surface area contributed by atoms with Gasteiger partial charge in [0, 0.05) is 6.42 Å². The second-order valence-corrected chi connectivity index (χ2v) is 7.60. The number of aryl methyl sites for hydroxylation is 1. The third-order valence-electron chi connectivity index (χ3n) is 4.60. The molecule has 1 aromatic carbocycles. The van der Waals surface area contributed by atoms with Crippen molar-refractivity contribution in [2.45, 2.75) is 65.0 Å². The molecule has 4 heteroatoms. The quantitative estimate of drug-likeness (QED) is 0.828. The number of carbonyl (C=O) groups excluding carboxylic acids is 2. The van der Waals surface area contributed by atoms with Gasteiger partial charge >= 0.3 is 6.09 Å². The van der Waals surface area contributed by atoms with Gasteiger partial charge in [-0.3, -0.25) is 4.79 Å². The Morgan fingerprint density at radius 3 is 2.70 bits per heavy atom. The molecule has 2 atom stereocenters. The lowest BCUT2D eigenvalue weighted by atomic mass is 9.96. The zero-order valence-corrected chi connectivity index (χ0v) is 14.4. The van der Waals surface area contributed by atoms with E-state index >= 15 is 0 Å². The molecule has 1 aliphatic carbocycles. The van der Waals surface area contributed by atoms with Crippen LogP contribution in [0.4, 0.5) is 4.79 Å². The highest BCUT2D eigenvalue weighted by Crippen LogP contribution is 2.48. The standard InChI is InChI=1S/C19H25NO3/c1-5-7-12-8-6-9-13-10-14-11-15(21)20(17(14)16(12)13)18(22)23-19(2,3)4/h6,8-9,14,17H,5,7,10-11H2,1-4H3. The zero-order valence-electron chi connectivity index (χ0n) is 14.4. The molecule has 0 aromatic heterocycles. The van der Waals surface area contributed by atoms with Crippen LogP contribution in [-0.4, -0.2) is 22.5 Å². The molecule has 23 heavy (non-hydrogen) atoms. The van der Waals surface area contributed by atoms with Crippen molar-refractivity contribution in [2.24, 2.45) is 5.92 Å². The van der Waals surface area contributed by atoms with Crippen molar-refractivity contribution in [3.63, 3.8) is 0 Å². The Morgan fingerprint density at radius 2 is 2.04 bits per heavy atom. The van der Waals surface area contributed by atoms with Crippen LogP contribution in [0.3, 0.4) is 0 Å². The highest BCUT2D eigenvalue weighted by molar-refractivity contribution is 5.95. The van der Waals surface area contributed by atoms with E-state index in [0.717, 1.165) is 19.3 Å². The number of fused-ring (bicyclic) bond motifs is 3. The van der Waals surface area contributed by atoms with Gasteiger partial charge in [0.15, 0.2) is 0 Å². The summed E-state index contributed by atoms with van der Waals surface area (Å²) in [7, 11) is 0. The van der Waals surface area contributed by atoms with Gasteiger partial charge in [-0.2, -0.15) is 0 Å². The lowest BCUT2D eigenvalue weighted by Gasteiger charge is -2.28. The molecular formula is C19H25NO3. The van der Waals surface area contributed by atoms with Crippen molar-refractivity contribution in [3.8, 4) is 0 Å². The fourth-order valence-corrected chi connectivity index (χ4v) is 3.87. The van der Waals surface area contributed by atoms with Gasteiger partial charge in [-0.15, -0.1) is 0 Å². The SMILES string of the molecule is CCCc1cccc2c1C1C(CC(=O)N1C(=O)OC(C)(C)C)C2. The number of imide groups is 1. The topological polar surface area (TPSA) is 46.6 Å². The Labute approximate surface area is 137 Å². The molecule has 0 saturated carbocycles. The average molecular weight is 315 g/mol. The van der Waals surface area contributed by atoms with Gasteiger partial charge in [-0.1, -0.05) is 31.5 Å². The van der Waals surface area contributed by atoms with Crippen LogP contribution in [0.1, 0.15) is 63.3 Å². The predicted molar refractivity (Wildman–Crippen MR) is 88.1 cm³/mol. The van der Waals surface area contributed by atoms with E-state index in [9.17, 15) is 9.59 Å². The first-order valence-corrected chi connectivity index (χ1v) is 8.47. The van der Waals surface area contributed by atoms with Crippen LogP contribution < -0.4 is 0 Å². The van der Waals surface area contributed by atoms with E-state index in [1.165, 1.54) is 21.6 Å². The Morgan fingerprint density at radius 1 is 1.30 bits per heavy atom. The number of hydrogen-bond donors (Lipinski definition) is 0. The first kappa shape index (κ1) is 16.0. The Kier molecular flexibility index (Phi) is 3.95. The summed E-state index contributed by atoms with van der Waals surface area (Å²) in [5.41, 5.74) is 3.14. The van der Waals surface area contributed by atoms with E-state index in [0.29, 0.717) is 6.42 Å². The van der Waals surface area contributed by atoms with Gasteiger partial charge in [0.2, 0.25) is 5.91 Å². The molecule has 124 valence electrons. The summed E-state index contributed by atoms with van der Waals surface area (Å²) in [6.45, 7) is 7.63. The molecule has 0 radical (unpaired) electrons. The number of carbonyl (C=O) groups is 2. The van der Waals surface area contributed by atoms with Crippen molar-refractivity contribution in [3.05, 3.63) is 34.9 Å². The van der Waals surface area contributed by atoms with Gasteiger partial charge < -0.3 is 4.74 Å². The summed E-state index contributed by atoms with van der Waals surface area (Å²) in [6, 6.07) is 6.20. The van der Waals surface area contributed by atoms with Gasteiger partial charge in [-0.25, -0.2) is 9.69 Å². The number of ether oxygens (including phenoxy) is 1. The number of likely N-dealkylation sites (tertiary alicyclic amines) is 1. The molecule has 2 aliphatic rings. The van der Waals surface area contributed by atoms with E-state index in [4.69, 9.17) is 4.74 Å². The van der Waals surface area contributed by atoms with Crippen LogP contribution in [0, 0.1) is 5.92 Å². The minimum absolute atomic E-state index is 0.105. The molecular weight excluding hydrogens is 290 g/mol. The summed E-state index contributed by atoms with van der Waals surface area (Å²) < 4.78 is 5.48. The van der Waals surface area contributed by atoms with Crippen LogP contribution in [0.2, 0.25) is 0 Å². The molecule has 1 heterocycles. The maximum Gasteiger partial charge on any atom is 0.417 e. The van der Waals surface area contributed by atoms with Crippen molar-refractivity contribution in [1.82, 2.24) is 4.90 Å². The fraction of sp³-hybridized carbons (Fsp3) is 0.579. The molecule has 2 unspecified atom stereocenters. The fourth-order valence-electron chi connectivity index (χ4n) is 3.87. The van der Waals surface area contributed by atoms with Gasteiger partial charge in [-0.05, 0) is 56.2 Å². The molecule has 4 nitrogen and oxygen atoms in total. The minimum atomic E-state index is -0.597. The number of nitrogens with zero attached hydrogens (tertiary/aromatic N) is 1. The zero-order chi connectivity index (χ0) is 16.8. The summed E-state index contributed by atoms with van der Waals surface area (Å²) in [4.78, 5) is 26.4. The lowest BCUT2D eigenvalue weighted by molar-refractivity contribution is -0.128. The van der Waals surface area contributed by atoms with E-state index in [2.05, 4.69) is 25.1 Å². The van der Waals surface area contributed by atoms with Crippen LogP contribution in [0.15, 0.2) is 18.2 Å². The molecule has 1 saturated heterocycles. The van der Waals surface area contributed by atoms with E-state index in [1.54, 1.807) is 0 Å². The minimum Gasteiger partial charge on any atom is -0.443 e. The Balaban J connectivity index is 1.97. The highest BCUT2D eigenvalue weighted by Gasteiger charge is 2.50. The molecule has 1 fully saturated rings. The number of rotatable bonds is 2. The van der Waals surface area contributed by atoms with Gasteiger partial charge in [0.1, 0.15) is 5.60 Å². The lowest BCUT2D eigenvalue weighted by Crippen LogP contribution is -2.39. The smallest absolute Gasteiger partial charge is 0.417 e. The van der Waals surface area contributed by atoms with Crippen molar-refractivity contribution < 1.29 is 14.3 Å². The van der Waals surface area contributed by atoms with Gasteiger partial charge in [0.25, 0.3) is 0 Å². The van der Waals surface area contributed by atoms with Gasteiger partial charge in [0.05, 0.1) is 6.04 Å². The first-order valence-electron chi connectivity index (χ1n) is 8.47. The second kappa shape index (κ2) is 5.66. The molecule has 0 spiro atoms. The molecule has 1 aromatic rings. The normalized spacial score (nSPS) is 23.0. The van der Waals surface area contributed by atoms with Crippen LogP contribution in [-0.2, 0) is 22.4 Å². The molecule has 1 aliphatic heterocycles. The monoisotopic (exact) mass is 315 g/mol. The highest BCUT2D eigenvalue weighted by atomic mass is 16.6. The number of amides is 2. The predicted octanol–water partition coefficient (Wildman–Crippen LogP) is 4.02. The van der Waals surface area contributed by atoms with Crippen LogP contribution in [0.5, 0.6) is 0 Å². The maximum atomic E-state index is 12.6. The molecule has 2 amide bonds.